The summed E-state index contributed by atoms with van der Waals surface area (Å²) in [7, 11) is 1.66. The van der Waals surface area contributed by atoms with Crippen molar-refractivity contribution in [3.63, 3.8) is 0 Å². The van der Waals surface area contributed by atoms with E-state index in [2.05, 4.69) is 14.9 Å². The number of hydrogen-bond acceptors (Lipinski definition) is 3. The third-order valence-electron chi connectivity index (χ3n) is 4.04. The molecule has 2 rings (SSSR count). The van der Waals surface area contributed by atoms with Gasteiger partial charge >= 0.3 is 6.03 Å². The molecule has 0 aliphatic heterocycles. The van der Waals surface area contributed by atoms with Gasteiger partial charge in [-0.05, 0) is 38.0 Å². The molecule has 136 valence electrons. The molecule has 25 heavy (non-hydrogen) atoms. The summed E-state index contributed by atoms with van der Waals surface area (Å²) in [5.74, 6) is 1.71. The number of aromatic nitrogens is 2. The zero-order valence-corrected chi connectivity index (χ0v) is 15.5. The summed E-state index contributed by atoms with van der Waals surface area (Å²) in [5, 5.41) is 2.94. The third-order valence-corrected chi connectivity index (χ3v) is 4.04. The second-order valence-electron chi connectivity index (χ2n) is 6.27. The highest BCUT2D eigenvalue weighted by Gasteiger charge is 2.19. The maximum Gasteiger partial charge on any atom is 0.318 e. The van der Waals surface area contributed by atoms with Crippen molar-refractivity contribution in [2.24, 2.45) is 0 Å². The molecule has 0 saturated carbocycles. The van der Waals surface area contributed by atoms with E-state index in [1.807, 2.05) is 56.1 Å². The van der Waals surface area contributed by atoms with Crippen molar-refractivity contribution in [1.82, 2.24) is 19.8 Å². The Bertz CT molecular complexity index is 664. The van der Waals surface area contributed by atoms with Gasteiger partial charge in [-0.3, -0.25) is 0 Å². The van der Waals surface area contributed by atoms with Gasteiger partial charge in [0.1, 0.15) is 11.6 Å². The normalized spacial score (nSPS) is 10.8. The molecule has 6 heteroatoms. The first-order chi connectivity index (χ1) is 12.0. The summed E-state index contributed by atoms with van der Waals surface area (Å²) in [6.07, 6.45) is 4.65. The summed E-state index contributed by atoms with van der Waals surface area (Å²) in [5.41, 5.74) is 1.16. The van der Waals surface area contributed by atoms with Crippen molar-refractivity contribution >= 4 is 6.03 Å². The average Bonchev–Trinajstić information content (AvgIpc) is 3.04. The molecule has 1 aromatic carbocycles. The van der Waals surface area contributed by atoms with E-state index in [9.17, 15) is 4.79 Å². The molecule has 0 fully saturated rings. The maximum atomic E-state index is 12.4. The SMILES string of the molecule is CCCNC(=O)N(Cc1nccn1Cc1ccc(OC)cc1)C(C)C. The Morgan fingerprint density at radius 3 is 2.64 bits per heavy atom. The highest BCUT2D eigenvalue weighted by molar-refractivity contribution is 5.74. The highest BCUT2D eigenvalue weighted by atomic mass is 16.5. The topological polar surface area (TPSA) is 59.4 Å². The molecule has 0 bridgehead atoms. The van der Waals surface area contributed by atoms with Gasteiger partial charge < -0.3 is 19.5 Å². The number of rotatable bonds is 8. The molecule has 0 aliphatic carbocycles. The van der Waals surface area contributed by atoms with Crippen molar-refractivity contribution in [3.8, 4) is 5.75 Å². The summed E-state index contributed by atoms with van der Waals surface area (Å²) in [4.78, 5) is 18.6. The van der Waals surface area contributed by atoms with E-state index in [0.29, 0.717) is 19.6 Å². The van der Waals surface area contributed by atoms with Crippen LogP contribution in [0.1, 0.15) is 38.6 Å². The fraction of sp³-hybridized carbons (Fsp3) is 0.474. The van der Waals surface area contributed by atoms with Crippen LogP contribution in [0.15, 0.2) is 36.7 Å². The van der Waals surface area contributed by atoms with Crippen LogP contribution in [0.2, 0.25) is 0 Å². The van der Waals surface area contributed by atoms with Crippen molar-refractivity contribution in [2.45, 2.75) is 46.3 Å². The van der Waals surface area contributed by atoms with Crippen molar-refractivity contribution in [3.05, 3.63) is 48.0 Å². The van der Waals surface area contributed by atoms with Gasteiger partial charge in [-0.25, -0.2) is 9.78 Å². The lowest BCUT2D eigenvalue weighted by Crippen LogP contribution is -2.44. The van der Waals surface area contributed by atoms with Crippen LogP contribution in [0.5, 0.6) is 5.75 Å². The zero-order valence-electron chi connectivity index (χ0n) is 15.5. The summed E-state index contributed by atoms with van der Waals surface area (Å²) in [6.45, 7) is 7.95. The Labute approximate surface area is 149 Å². The number of carbonyl (C=O) groups excluding carboxylic acids is 1. The molecule has 1 heterocycles. The van der Waals surface area contributed by atoms with E-state index in [1.165, 1.54) is 0 Å². The summed E-state index contributed by atoms with van der Waals surface area (Å²) < 4.78 is 7.27. The van der Waals surface area contributed by atoms with Crippen LogP contribution in [0.3, 0.4) is 0 Å². The molecular formula is C19H28N4O2. The molecule has 0 aliphatic rings. The van der Waals surface area contributed by atoms with Gasteiger partial charge in [-0.2, -0.15) is 0 Å². The van der Waals surface area contributed by atoms with E-state index >= 15 is 0 Å². The minimum atomic E-state index is -0.0455. The maximum absolute atomic E-state index is 12.4. The average molecular weight is 344 g/mol. The fourth-order valence-electron chi connectivity index (χ4n) is 2.54. The second-order valence-corrected chi connectivity index (χ2v) is 6.27. The second kappa shape index (κ2) is 9.11. The number of ether oxygens (including phenoxy) is 1. The van der Waals surface area contributed by atoms with E-state index in [4.69, 9.17) is 4.74 Å². The van der Waals surface area contributed by atoms with Crippen LogP contribution in [0.25, 0.3) is 0 Å². The number of hydrogen-bond donors (Lipinski definition) is 1. The monoisotopic (exact) mass is 344 g/mol. The summed E-state index contributed by atoms with van der Waals surface area (Å²) in [6, 6.07) is 8.03. The Balaban J connectivity index is 2.09. The van der Waals surface area contributed by atoms with E-state index in [0.717, 1.165) is 23.6 Å². The molecule has 2 aromatic rings. The van der Waals surface area contributed by atoms with Crippen LogP contribution >= 0.6 is 0 Å². The first-order valence-electron chi connectivity index (χ1n) is 8.72. The number of methoxy groups -OCH3 is 1. The largest absolute Gasteiger partial charge is 0.497 e. The number of nitrogens with one attached hydrogen (secondary N) is 1. The third kappa shape index (κ3) is 5.24. The number of amides is 2. The predicted molar refractivity (Wildman–Crippen MR) is 98.7 cm³/mol. The summed E-state index contributed by atoms with van der Waals surface area (Å²) >= 11 is 0. The van der Waals surface area contributed by atoms with Gasteiger partial charge in [0.25, 0.3) is 0 Å². The van der Waals surface area contributed by atoms with Crippen molar-refractivity contribution < 1.29 is 9.53 Å². The molecule has 1 aromatic heterocycles. The van der Waals surface area contributed by atoms with Gasteiger partial charge in [-0.15, -0.1) is 0 Å². The predicted octanol–water partition coefficient (Wildman–Crippen LogP) is 3.27. The molecule has 0 saturated heterocycles. The number of carbonyl (C=O) groups is 1. The molecule has 0 radical (unpaired) electrons. The Hall–Kier alpha value is -2.50. The van der Waals surface area contributed by atoms with Gasteiger partial charge in [0.15, 0.2) is 0 Å². The first kappa shape index (κ1) is 18.8. The van der Waals surface area contributed by atoms with E-state index < -0.39 is 0 Å². The Morgan fingerprint density at radius 2 is 2.04 bits per heavy atom. The first-order valence-corrected chi connectivity index (χ1v) is 8.72. The quantitative estimate of drug-likeness (QED) is 0.799. The van der Waals surface area contributed by atoms with Gasteiger partial charge in [-0.1, -0.05) is 19.1 Å². The molecule has 6 nitrogen and oxygen atoms in total. The minimum absolute atomic E-state index is 0.0455. The van der Waals surface area contributed by atoms with Crippen molar-refractivity contribution in [1.29, 1.82) is 0 Å². The van der Waals surface area contributed by atoms with Gasteiger partial charge in [0, 0.05) is 31.5 Å². The van der Waals surface area contributed by atoms with Gasteiger partial charge in [0.05, 0.1) is 13.7 Å². The van der Waals surface area contributed by atoms with Gasteiger partial charge in [0.2, 0.25) is 0 Å². The van der Waals surface area contributed by atoms with E-state index in [1.54, 1.807) is 13.3 Å². The lowest BCUT2D eigenvalue weighted by atomic mass is 10.2. The van der Waals surface area contributed by atoms with Crippen LogP contribution in [-0.2, 0) is 13.1 Å². The van der Waals surface area contributed by atoms with Crippen molar-refractivity contribution in [2.75, 3.05) is 13.7 Å². The zero-order chi connectivity index (χ0) is 18.2. The van der Waals surface area contributed by atoms with Crippen LogP contribution in [0, 0.1) is 0 Å². The Morgan fingerprint density at radius 1 is 1.32 bits per heavy atom. The number of imidazole rings is 1. The lowest BCUT2D eigenvalue weighted by Gasteiger charge is -2.27. The molecule has 0 atom stereocenters. The number of nitrogens with zero attached hydrogens (tertiary/aromatic N) is 3. The van der Waals surface area contributed by atoms with Crippen LogP contribution in [-0.4, -0.2) is 40.2 Å². The molecule has 1 N–H and O–H groups in total. The number of benzene rings is 1. The van der Waals surface area contributed by atoms with E-state index in [-0.39, 0.29) is 12.1 Å². The fourth-order valence-corrected chi connectivity index (χ4v) is 2.54. The smallest absolute Gasteiger partial charge is 0.318 e. The molecule has 0 spiro atoms. The highest BCUT2D eigenvalue weighted by Crippen LogP contribution is 2.14. The molecule has 0 unspecified atom stereocenters. The Kier molecular flexibility index (Phi) is 6.86. The minimum Gasteiger partial charge on any atom is -0.497 e. The lowest BCUT2D eigenvalue weighted by molar-refractivity contribution is 0.177. The molecule has 2 amide bonds. The van der Waals surface area contributed by atoms with Crippen LogP contribution in [0.4, 0.5) is 4.79 Å². The number of urea groups is 1. The molecular weight excluding hydrogens is 316 g/mol. The standard InChI is InChI=1S/C19H28N4O2/c1-5-10-21-19(24)23(15(2)3)14-18-20-11-12-22(18)13-16-6-8-17(25-4)9-7-16/h6-9,11-12,15H,5,10,13-14H2,1-4H3,(H,21,24). The van der Waals surface area contributed by atoms with Crippen LogP contribution < -0.4 is 10.1 Å².